The summed E-state index contributed by atoms with van der Waals surface area (Å²) in [5, 5.41) is 3.40. The molecule has 2 aromatic carbocycles. The van der Waals surface area contributed by atoms with Crippen molar-refractivity contribution in [3.05, 3.63) is 71.8 Å². The summed E-state index contributed by atoms with van der Waals surface area (Å²) in [7, 11) is 0. The summed E-state index contributed by atoms with van der Waals surface area (Å²) in [5.74, 6) is 0.926. The minimum atomic E-state index is 0.618. The quantitative estimate of drug-likeness (QED) is 0.912. The van der Waals surface area contributed by atoms with E-state index in [-0.39, 0.29) is 0 Å². The molecule has 0 aromatic heterocycles. The number of hydrogen-bond donors (Lipinski definition) is 1. The van der Waals surface area contributed by atoms with Crippen LogP contribution in [0.2, 0.25) is 0 Å². The fourth-order valence-corrected chi connectivity index (χ4v) is 2.57. The Labute approximate surface area is 126 Å². The van der Waals surface area contributed by atoms with Crippen molar-refractivity contribution in [2.45, 2.75) is 19.4 Å². The predicted octanol–water partition coefficient (Wildman–Crippen LogP) is 4.03. The zero-order chi connectivity index (χ0) is 14.3. The summed E-state index contributed by atoms with van der Waals surface area (Å²) >= 11 is 0. The number of allylic oxidation sites excluding steroid dienone is 1. The van der Waals surface area contributed by atoms with Crippen LogP contribution in [0.1, 0.15) is 24.0 Å². The van der Waals surface area contributed by atoms with E-state index in [4.69, 9.17) is 4.74 Å². The monoisotopic (exact) mass is 279 g/mol. The van der Waals surface area contributed by atoms with E-state index in [2.05, 4.69) is 47.8 Å². The molecule has 2 heteroatoms. The second kappa shape index (κ2) is 7.09. The van der Waals surface area contributed by atoms with Gasteiger partial charge in [0.05, 0.1) is 0 Å². The zero-order valence-corrected chi connectivity index (χ0v) is 12.2. The standard InChI is InChI=1S/C19H21NO/c1-2-5-16(6-3-1)15-21-19-10-8-18(9-11-19)17-7-4-13-20-14-12-17/h1-3,5-6,8-12,20H,4,7,13-15H2. The number of hydrogen-bond acceptors (Lipinski definition) is 2. The lowest BCUT2D eigenvalue weighted by Gasteiger charge is -2.09. The van der Waals surface area contributed by atoms with Crippen LogP contribution in [0.5, 0.6) is 5.75 Å². The Morgan fingerprint density at radius 3 is 2.57 bits per heavy atom. The average molecular weight is 279 g/mol. The van der Waals surface area contributed by atoms with E-state index in [0.29, 0.717) is 6.61 Å². The van der Waals surface area contributed by atoms with Gasteiger partial charge in [-0.05, 0) is 48.2 Å². The molecule has 0 bridgehead atoms. The van der Waals surface area contributed by atoms with Gasteiger partial charge in [-0.15, -0.1) is 0 Å². The highest BCUT2D eigenvalue weighted by Gasteiger charge is 2.05. The van der Waals surface area contributed by atoms with Crippen LogP contribution in [-0.2, 0) is 6.61 Å². The van der Waals surface area contributed by atoms with Crippen molar-refractivity contribution < 1.29 is 4.74 Å². The smallest absolute Gasteiger partial charge is 0.119 e. The minimum Gasteiger partial charge on any atom is -0.489 e. The van der Waals surface area contributed by atoms with Gasteiger partial charge in [-0.25, -0.2) is 0 Å². The second-order valence-corrected chi connectivity index (χ2v) is 5.34. The van der Waals surface area contributed by atoms with E-state index in [1.54, 1.807) is 0 Å². The second-order valence-electron chi connectivity index (χ2n) is 5.34. The molecule has 3 rings (SSSR count). The van der Waals surface area contributed by atoms with Crippen molar-refractivity contribution in [1.29, 1.82) is 0 Å². The van der Waals surface area contributed by atoms with Gasteiger partial charge in [-0.1, -0.05) is 48.5 Å². The summed E-state index contributed by atoms with van der Waals surface area (Å²) in [4.78, 5) is 0. The van der Waals surface area contributed by atoms with Gasteiger partial charge in [0.15, 0.2) is 0 Å². The molecule has 108 valence electrons. The van der Waals surface area contributed by atoms with Gasteiger partial charge in [0.2, 0.25) is 0 Å². The van der Waals surface area contributed by atoms with Gasteiger partial charge in [0.25, 0.3) is 0 Å². The molecule has 0 radical (unpaired) electrons. The first kappa shape index (κ1) is 13.9. The minimum absolute atomic E-state index is 0.618. The van der Waals surface area contributed by atoms with Gasteiger partial charge in [-0.2, -0.15) is 0 Å². The van der Waals surface area contributed by atoms with Gasteiger partial charge < -0.3 is 10.1 Å². The third-order valence-corrected chi connectivity index (χ3v) is 3.77. The maximum Gasteiger partial charge on any atom is 0.119 e. The lowest BCUT2D eigenvalue weighted by Crippen LogP contribution is -2.12. The molecule has 0 amide bonds. The predicted molar refractivity (Wildman–Crippen MR) is 87.3 cm³/mol. The molecule has 1 aliphatic rings. The van der Waals surface area contributed by atoms with Crippen molar-refractivity contribution in [1.82, 2.24) is 5.32 Å². The number of nitrogens with one attached hydrogen (secondary N) is 1. The van der Waals surface area contributed by atoms with Crippen molar-refractivity contribution in [2.24, 2.45) is 0 Å². The lowest BCUT2D eigenvalue weighted by atomic mass is 10.0. The molecular formula is C19H21NO. The third-order valence-electron chi connectivity index (χ3n) is 3.77. The maximum atomic E-state index is 5.83. The molecule has 0 fully saturated rings. The first-order chi connectivity index (χ1) is 10.4. The Bertz CT molecular complexity index is 587. The van der Waals surface area contributed by atoms with Crippen molar-refractivity contribution in [3.8, 4) is 5.75 Å². The fraction of sp³-hybridized carbons (Fsp3) is 0.263. The molecule has 0 saturated heterocycles. The Kier molecular flexibility index (Phi) is 4.70. The molecule has 2 nitrogen and oxygen atoms in total. The van der Waals surface area contributed by atoms with Crippen LogP contribution in [0.15, 0.2) is 60.7 Å². The largest absolute Gasteiger partial charge is 0.489 e. The van der Waals surface area contributed by atoms with E-state index in [1.165, 1.54) is 23.1 Å². The number of rotatable bonds is 4. The van der Waals surface area contributed by atoms with Gasteiger partial charge in [0, 0.05) is 6.54 Å². The first-order valence-electron chi connectivity index (χ1n) is 7.59. The van der Waals surface area contributed by atoms with Crippen molar-refractivity contribution >= 4 is 5.57 Å². The van der Waals surface area contributed by atoms with Crippen LogP contribution in [-0.4, -0.2) is 13.1 Å². The summed E-state index contributed by atoms with van der Waals surface area (Å²) in [6.07, 6.45) is 4.65. The fourth-order valence-electron chi connectivity index (χ4n) is 2.57. The van der Waals surface area contributed by atoms with Crippen molar-refractivity contribution in [2.75, 3.05) is 13.1 Å². The third kappa shape index (κ3) is 3.96. The van der Waals surface area contributed by atoms with E-state index in [9.17, 15) is 0 Å². The summed E-state index contributed by atoms with van der Waals surface area (Å²) in [6, 6.07) is 18.7. The molecule has 0 saturated carbocycles. The van der Waals surface area contributed by atoms with Crippen LogP contribution < -0.4 is 10.1 Å². The van der Waals surface area contributed by atoms with Crippen LogP contribution in [0.25, 0.3) is 5.57 Å². The molecule has 0 aliphatic carbocycles. The molecule has 1 aliphatic heterocycles. The first-order valence-corrected chi connectivity index (χ1v) is 7.59. The van der Waals surface area contributed by atoms with Gasteiger partial charge >= 0.3 is 0 Å². The number of ether oxygens (including phenoxy) is 1. The maximum absolute atomic E-state index is 5.83. The van der Waals surface area contributed by atoms with Crippen LogP contribution in [0, 0.1) is 0 Å². The van der Waals surface area contributed by atoms with E-state index >= 15 is 0 Å². The highest BCUT2D eigenvalue weighted by Crippen LogP contribution is 2.23. The van der Waals surface area contributed by atoms with E-state index in [0.717, 1.165) is 25.3 Å². The Morgan fingerprint density at radius 2 is 1.76 bits per heavy atom. The summed E-state index contributed by atoms with van der Waals surface area (Å²) < 4.78 is 5.83. The normalized spacial score (nSPS) is 15.1. The highest BCUT2D eigenvalue weighted by atomic mass is 16.5. The lowest BCUT2D eigenvalue weighted by molar-refractivity contribution is 0.306. The molecule has 1 heterocycles. The Balaban J connectivity index is 1.62. The average Bonchev–Trinajstić information content (AvgIpc) is 2.84. The highest BCUT2D eigenvalue weighted by molar-refractivity contribution is 5.66. The Hall–Kier alpha value is -2.06. The Morgan fingerprint density at radius 1 is 0.952 bits per heavy atom. The van der Waals surface area contributed by atoms with E-state index in [1.807, 2.05) is 18.2 Å². The molecule has 21 heavy (non-hydrogen) atoms. The summed E-state index contributed by atoms with van der Waals surface area (Å²) in [5.41, 5.74) is 3.94. The molecule has 0 atom stereocenters. The molecule has 0 spiro atoms. The summed E-state index contributed by atoms with van der Waals surface area (Å²) in [6.45, 7) is 2.70. The topological polar surface area (TPSA) is 21.3 Å². The van der Waals surface area contributed by atoms with Crippen molar-refractivity contribution in [3.63, 3.8) is 0 Å². The van der Waals surface area contributed by atoms with E-state index < -0.39 is 0 Å². The molecule has 2 aromatic rings. The molecule has 1 N–H and O–H groups in total. The van der Waals surface area contributed by atoms with Crippen LogP contribution in [0.4, 0.5) is 0 Å². The molecule has 0 unspecified atom stereocenters. The van der Waals surface area contributed by atoms with Gasteiger partial charge in [-0.3, -0.25) is 0 Å². The van der Waals surface area contributed by atoms with Crippen LogP contribution >= 0.6 is 0 Å². The van der Waals surface area contributed by atoms with Crippen LogP contribution in [0.3, 0.4) is 0 Å². The number of benzene rings is 2. The SMILES string of the molecule is C1=C(c2ccc(OCc3ccccc3)cc2)CCCNC1. The zero-order valence-electron chi connectivity index (χ0n) is 12.2. The van der Waals surface area contributed by atoms with Gasteiger partial charge in [0.1, 0.15) is 12.4 Å². The molecular weight excluding hydrogens is 258 g/mol.